The van der Waals surface area contributed by atoms with Crippen molar-refractivity contribution >= 4 is 5.82 Å². The van der Waals surface area contributed by atoms with Crippen LogP contribution >= 0.6 is 0 Å². The zero-order valence-corrected chi connectivity index (χ0v) is 9.92. The van der Waals surface area contributed by atoms with Gasteiger partial charge in [-0.1, -0.05) is 0 Å². The molecule has 0 unspecified atom stereocenters. The van der Waals surface area contributed by atoms with Crippen LogP contribution in [0, 0.1) is 5.92 Å². The van der Waals surface area contributed by atoms with Crippen LogP contribution in [0.15, 0.2) is 0 Å². The maximum absolute atomic E-state index is 4.73. The third-order valence-corrected chi connectivity index (χ3v) is 3.49. The highest BCUT2D eigenvalue weighted by Crippen LogP contribution is 2.33. The summed E-state index contributed by atoms with van der Waals surface area (Å²) in [6, 6.07) is 0. The molecular formula is C13H19N3. The lowest BCUT2D eigenvalue weighted by Crippen LogP contribution is -2.09. The van der Waals surface area contributed by atoms with Crippen molar-refractivity contribution in [2.24, 2.45) is 5.92 Å². The number of aryl methyl sites for hydroxylation is 1. The van der Waals surface area contributed by atoms with E-state index >= 15 is 0 Å². The Morgan fingerprint density at radius 3 is 2.88 bits per heavy atom. The van der Waals surface area contributed by atoms with Gasteiger partial charge in [0.2, 0.25) is 0 Å². The summed E-state index contributed by atoms with van der Waals surface area (Å²) in [6.07, 6.45) is 7.38. The predicted molar refractivity (Wildman–Crippen MR) is 64.6 cm³/mol. The van der Waals surface area contributed by atoms with Crippen molar-refractivity contribution in [1.82, 2.24) is 9.97 Å². The smallest absolute Gasteiger partial charge is 0.133 e. The fourth-order valence-electron chi connectivity index (χ4n) is 2.47. The minimum Gasteiger partial charge on any atom is -0.370 e. The van der Waals surface area contributed by atoms with Gasteiger partial charge in [-0.05, 0) is 44.9 Å². The zero-order valence-electron chi connectivity index (χ0n) is 9.92. The molecule has 3 heteroatoms. The van der Waals surface area contributed by atoms with Crippen molar-refractivity contribution in [3.8, 4) is 0 Å². The van der Waals surface area contributed by atoms with E-state index in [0.29, 0.717) is 0 Å². The van der Waals surface area contributed by atoms with E-state index in [2.05, 4.69) is 12.2 Å². The second kappa shape index (κ2) is 4.04. The predicted octanol–water partition coefficient (Wildman–Crippen LogP) is 2.35. The first kappa shape index (κ1) is 10.1. The number of hydrogen-bond acceptors (Lipinski definition) is 3. The number of nitrogens with zero attached hydrogens (tertiary/aromatic N) is 2. The summed E-state index contributed by atoms with van der Waals surface area (Å²) in [6.45, 7) is 3.08. The molecule has 0 amide bonds. The van der Waals surface area contributed by atoms with Crippen molar-refractivity contribution in [3.63, 3.8) is 0 Å². The standard InChI is InChI=1S/C13H19N3/c1-2-14-13-10-4-3-5-11(10)15-12(16-13)8-9-6-7-9/h9H,2-8H2,1H3,(H,14,15,16). The van der Waals surface area contributed by atoms with Gasteiger partial charge < -0.3 is 5.32 Å². The topological polar surface area (TPSA) is 37.8 Å². The van der Waals surface area contributed by atoms with Gasteiger partial charge >= 0.3 is 0 Å². The largest absolute Gasteiger partial charge is 0.370 e. The summed E-state index contributed by atoms with van der Waals surface area (Å²) in [5.74, 6) is 3.05. The minimum atomic E-state index is 0.869. The molecule has 0 radical (unpaired) electrons. The Balaban J connectivity index is 1.91. The molecule has 1 heterocycles. The van der Waals surface area contributed by atoms with E-state index in [1.807, 2.05) is 0 Å². The molecule has 1 aromatic rings. The SMILES string of the molecule is CCNc1nc(CC2CC2)nc2c1CCC2. The highest BCUT2D eigenvalue weighted by Gasteiger charge is 2.25. The van der Waals surface area contributed by atoms with Gasteiger partial charge in [-0.3, -0.25) is 0 Å². The molecule has 0 aliphatic heterocycles. The summed E-state index contributed by atoms with van der Waals surface area (Å²) >= 11 is 0. The molecule has 0 spiro atoms. The average Bonchev–Trinajstić information content (AvgIpc) is 2.95. The maximum atomic E-state index is 4.73. The van der Waals surface area contributed by atoms with E-state index in [1.165, 1.54) is 30.5 Å². The van der Waals surface area contributed by atoms with Crippen LogP contribution in [-0.2, 0) is 19.3 Å². The lowest BCUT2D eigenvalue weighted by molar-refractivity contribution is 0.759. The molecule has 3 rings (SSSR count). The molecular weight excluding hydrogens is 198 g/mol. The minimum absolute atomic E-state index is 0.869. The molecule has 1 saturated carbocycles. The molecule has 2 aliphatic carbocycles. The number of anilines is 1. The van der Waals surface area contributed by atoms with E-state index in [1.54, 1.807) is 0 Å². The van der Waals surface area contributed by atoms with Gasteiger partial charge in [0.05, 0.1) is 0 Å². The maximum Gasteiger partial charge on any atom is 0.133 e. The average molecular weight is 217 g/mol. The third kappa shape index (κ3) is 1.91. The van der Waals surface area contributed by atoms with Crippen molar-refractivity contribution < 1.29 is 0 Å². The molecule has 86 valence electrons. The highest BCUT2D eigenvalue weighted by molar-refractivity contribution is 5.48. The lowest BCUT2D eigenvalue weighted by atomic mass is 10.2. The summed E-state index contributed by atoms with van der Waals surface area (Å²) in [5.41, 5.74) is 2.68. The van der Waals surface area contributed by atoms with Gasteiger partial charge in [0.15, 0.2) is 0 Å². The monoisotopic (exact) mass is 217 g/mol. The van der Waals surface area contributed by atoms with Crippen LogP contribution in [0.1, 0.15) is 43.3 Å². The second-order valence-corrected chi connectivity index (χ2v) is 4.95. The molecule has 1 N–H and O–H groups in total. The Bertz CT molecular complexity index is 396. The van der Waals surface area contributed by atoms with Crippen LogP contribution < -0.4 is 5.32 Å². The van der Waals surface area contributed by atoms with Gasteiger partial charge in [-0.25, -0.2) is 9.97 Å². The Morgan fingerprint density at radius 2 is 2.12 bits per heavy atom. The number of fused-ring (bicyclic) bond motifs is 1. The summed E-state index contributed by atoms with van der Waals surface area (Å²) in [7, 11) is 0. The van der Waals surface area contributed by atoms with E-state index < -0.39 is 0 Å². The molecule has 0 atom stereocenters. The summed E-state index contributed by atoms with van der Waals surface area (Å²) in [5, 5.41) is 3.39. The van der Waals surface area contributed by atoms with Gasteiger partial charge in [0.1, 0.15) is 11.6 Å². The van der Waals surface area contributed by atoms with Gasteiger partial charge in [-0.15, -0.1) is 0 Å². The fraction of sp³-hybridized carbons (Fsp3) is 0.692. The third-order valence-electron chi connectivity index (χ3n) is 3.49. The van der Waals surface area contributed by atoms with Crippen molar-refractivity contribution in [3.05, 3.63) is 17.1 Å². The Morgan fingerprint density at radius 1 is 1.25 bits per heavy atom. The number of hydrogen-bond donors (Lipinski definition) is 1. The van der Waals surface area contributed by atoms with Gasteiger partial charge in [-0.2, -0.15) is 0 Å². The molecule has 1 aromatic heterocycles. The van der Waals surface area contributed by atoms with E-state index in [4.69, 9.17) is 9.97 Å². The fourth-order valence-corrected chi connectivity index (χ4v) is 2.47. The highest BCUT2D eigenvalue weighted by atomic mass is 15.0. The molecule has 0 aromatic carbocycles. The molecule has 16 heavy (non-hydrogen) atoms. The number of nitrogens with one attached hydrogen (secondary N) is 1. The van der Waals surface area contributed by atoms with Crippen LogP contribution in [0.4, 0.5) is 5.82 Å². The van der Waals surface area contributed by atoms with Crippen molar-refractivity contribution in [2.45, 2.75) is 45.4 Å². The summed E-state index contributed by atoms with van der Waals surface area (Å²) in [4.78, 5) is 9.42. The van der Waals surface area contributed by atoms with Gasteiger partial charge in [0, 0.05) is 24.2 Å². The normalized spacial score (nSPS) is 18.6. The molecule has 3 nitrogen and oxygen atoms in total. The Hall–Kier alpha value is -1.12. The van der Waals surface area contributed by atoms with Crippen LogP contribution in [0.25, 0.3) is 0 Å². The van der Waals surface area contributed by atoms with E-state index in [0.717, 1.165) is 43.4 Å². The summed E-state index contributed by atoms with van der Waals surface area (Å²) < 4.78 is 0. The van der Waals surface area contributed by atoms with E-state index in [-0.39, 0.29) is 0 Å². The molecule has 0 saturated heterocycles. The molecule has 0 bridgehead atoms. The first-order valence-electron chi connectivity index (χ1n) is 6.49. The molecule has 1 fully saturated rings. The quantitative estimate of drug-likeness (QED) is 0.841. The molecule has 2 aliphatic rings. The zero-order chi connectivity index (χ0) is 11.0. The number of aromatic nitrogens is 2. The van der Waals surface area contributed by atoms with E-state index in [9.17, 15) is 0 Å². The Labute approximate surface area is 96.7 Å². The lowest BCUT2D eigenvalue weighted by Gasteiger charge is -2.10. The van der Waals surface area contributed by atoms with Crippen LogP contribution in [-0.4, -0.2) is 16.5 Å². The van der Waals surface area contributed by atoms with Crippen LogP contribution in [0.3, 0.4) is 0 Å². The number of rotatable bonds is 4. The van der Waals surface area contributed by atoms with Crippen LogP contribution in [0.5, 0.6) is 0 Å². The van der Waals surface area contributed by atoms with Crippen LogP contribution in [0.2, 0.25) is 0 Å². The second-order valence-electron chi connectivity index (χ2n) is 4.95. The first-order chi connectivity index (χ1) is 7.86. The van der Waals surface area contributed by atoms with Gasteiger partial charge in [0.25, 0.3) is 0 Å². The van der Waals surface area contributed by atoms with Crippen molar-refractivity contribution in [2.75, 3.05) is 11.9 Å². The van der Waals surface area contributed by atoms with Crippen molar-refractivity contribution in [1.29, 1.82) is 0 Å². The first-order valence-corrected chi connectivity index (χ1v) is 6.49. The Kier molecular flexibility index (Phi) is 2.54.